The van der Waals surface area contributed by atoms with E-state index < -0.39 is 0 Å². The molecule has 0 saturated heterocycles. The monoisotopic (exact) mass is 230 g/mol. The van der Waals surface area contributed by atoms with E-state index in [2.05, 4.69) is 42.6 Å². The van der Waals surface area contributed by atoms with Crippen molar-refractivity contribution < 1.29 is 0 Å². The van der Waals surface area contributed by atoms with Crippen LogP contribution >= 0.6 is 0 Å². The minimum Gasteiger partial charge on any atom is -0.308 e. The summed E-state index contributed by atoms with van der Waals surface area (Å²) in [5, 5.41) is 12.5. The fourth-order valence-corrected chi connectivity index (χ4v) is 1.78. The second-order valence-corrected chi connectivity index (χ2v) is 5.13. The van der Waals surface area contributed by atoms with Crippen molar-refractivity contribution in [3.63, 3.8) is 0 Å². The Morgan fingerprint density at radius 2 is 1.94 bits per heavy atom. The van der Waals surface area contributed by atoms with E-state index in [1.54, 1.807) is 0 Å². The van der Waals surface area contributed by atoms with Crippen molar-refractivity contribution in [2.75, 3.05) is 6.54 Å². The molecule has 0 aliphatic carbocycles. The molecule has 0 spiro atoms. The van der Waals surface area contributed by atoms with Crippen LogP contribution in [-0.2, 0) is 0 Å². The number of hydrogen-bond acceptors (Lipinski definition) is 2. The van der Waals surface area contributed by atoms with E-state index in [4.69, 9.17) is 5.26 Å². The number of nitrogens with one attached hydrogen (secondary N) is 1. The van der Waals surface area contributed by atoms with E-state index in [0.717, 1.165) is 19.4 Å². The van der Waals surface area contributed by atoms with Crippen LogP contribution in [0.2, 0.25) is 0 Å². The maximum absolute atomic E-state index is 9.02. The molecular formula is C15H22N2. The summed E-state index contributed by atoms with van der Waals surface area (Å²) < 4.78 is 0. The SMILES string of the molecule is CCCC(NCC(C)(C)C#N)c1ccccc1. The van der Waals surface area contributed by atoms with Crippen molar-refractivity contribution in [3.8, 4) is 6.07 Å². The van der Waals surface area contributed by atoms with Gasteiger partial charge in [-0.1, -0.05) is 43.7 Å². The predicted molar refractivity (Wildman–Crippen MR) is 71.5 cm³/mol. The van der Waals surface area contributed by atoms with Gasteiger partial charge in [0.15, 0.2) is 0 Å². The molecule has 1 rings (SSSR count). The Bertz CT molecular complexity index is 362. The molecule has 1 atom stereocenters. The molecule has 0 aliphatic heterocycles. The maximum Gasteiger partial charge on any atom is 0.0697 e. The first-order valence-corrected chi connectivity index (χ1v) is 6.28. The average molecular weight is 230 g/mol. The molecular weight excluding hydrogens is 208 g/mol. The molecule has 1 aromatic rings. The molecule has 2 nitrogen and oxygen atoms in total. The van der Waals surface area contributed by atoms with Crippen molar-refractivity contribution in [1.29, 1.82) is 5.26 Å². The summed E-state index contributed by atoms with van der Waals surface area (Å²) in [6.07, 6.45) is 2.24. The molecule has 92 valence electrons. The van der Waals surface area contributed by atoms with Crippen LogP contribution in [0, 0.1) is 16.7 Å². The standard InChI is InChI=1S/C15H22N2/c1-4-8-14(13-9-6-5-7-10-13)17-12-15(2,3)11-16/h5-7,9-10,14,17H,4,8,12H2,1-3H3. The van der Waals surface area contributed by atoms with Crippen molar-refractivity contribution in [2.45, 2.75) is 39.7 Å². The lowest BCUT2D eigenvalue weighted by atomic mass is 9.94. The van der Waals surface area contributed by atoms with Gasteiger partial charge in [0.2, 0.25) is 0 Å². The topological polar surface area (TPSA) is 35.8 Å². The van der Waals surface area contributed by atoms with Gasteiger partial charge in [0.25, 0.3) is 0 Å². The second-order valence-electron chi connectivity index (χ2n) is 5.13. The van der Waals surface area contributed by atoms with Gasteiger partial charge in [-0.05, 0) is 25.8 Å². The summed E-state index contributed by atoms with van der Waals surface area (Å²) >= 11 is 0. The van der Waals surface area contributed by atoms with Gasteiger partial charge in [-0.15, -0.1) is 0 Å². The fraction of sp³-hybridized carbons (Fsp3) is 0.533. The van der Waals surface area contributed by atoms with Crippen molar-refractivity contribution in [1.82, 2.24) is 5.32 Å². The van der Waals surface area contributed by atoms with Crippen LogP contribution < -0.4 is 5.32 Å². The van der Waals surface area contributed by atoms with Crippen LogP contribution in [0.4, 0.5) is 0 Å². The highest BCUT2D eigenvalue weighted by molar-refractivity contribution is 5.19. The minimum atomic E-state index is -0.305. The van der Waals surface area contributed by atoms with E-state index in [1.165, 1.54) is 5.56 Å². The molecule has 0 radical (unpaired) electrons. The van der Waals surface area contributed by atoms with Gasteiger partial charge >= 0.3 is 0 Å². The van der Waals surface area contributed by atoms with Crippen LogP contribution in [0.1, 0.15) is 45.2 Å². The lowest BCUT2D eigenvalue weighted by Gasteiger charge is -2.23. The van der Waals surface area contributed by atoms with Crippen molar-refractivity contribution >= 4 is 0 Å². The molecule has 1 N–H and O–H groups in total. The molecule has 0 bridgehead atoms. The molecule has 1 unspecified atom stereocenters. The largest absolute Gasteiger partial charge is 0.308 e. The highest BCUT2D eigenvalue weighted by Crippen LogP contribution is 2.20. The van der Waals surface area contributed by atoms with Crippen LogP contribution in [0.15, 0.2) is 30.3 Å². The molecule has 0 aliphatic rings. The Labute approximate surface area is 105 Å². The lowest BCUT2D eigenvalue weighted by molar-refractivity contribution is 0.391. The molecule has 2 heteroatoms. The normalized spacial score (nSPS) is 13.1. The first-order chi connectivity index (χ1) is 8.09. The number of nitriles is 1. The average Bonchev–Trinajstić information content (AvgIpc) is 2.35. The Morgan fingerprint density at radius 3 is 2.47 bits per heavy atom. The Morgan fingerprint density at radius 1 is 1.29 bits per heavy atom. The van der Waals surface area contributed by atoms with Crippen molar-refractivity contribution in [2.24, 2.45) is 5.41 Å². The number of benzene rings is 1. The van der Waals surface area contributed by atoms with Crippen LogP contribution in [0.25, 0.3) is 0 Å². The van der Waals surface area contributed by atoms with Gasteiger partial charge in [-0.3, -0.25) is 0 Å². The first-order valence-electron chi connectivity index (χ1n) is 6.28. The zero-order valence-corrected chi connectivity index (χ0v) is 11.0. The summed E-state index contributed by atoms with van der Waals surface area (Å²) in [6, 6.07) is 13.1. The third kappa shape index (κ3) is 4.58. The molecule has 1 aromatic carbocycles. The summed E-state index contributed by atoms with van der Waals surface area (Å²) in [5.74, 6) is 0. The minimum absolute atomic E-state index is 0.305. The quantitative estimate of drug-likeness (QED) is 0.809. The summed E-state index contributed by atoms with van der Waals surface area (Å²) in [7, 11) is 0. The van der Waals surface area contributed by atoms with Gasteiger partial charge in [0.1, 0.15) is 0 Å². The fourth-order valence-electron chi connectivity index (χ4n) is 1.78. The Hall–Kier alpha value is -1.33. The molecule has 0 saturated carbocycles. The highest BCUT2D eigenvalue weighted by atomic mass is 14.9. The van der Waals surface area contributed by atoms with E-state index in [0.29, 0.717) is 6.04 Å². The summed E-state index contributed by atoms with van der Waals surface area (Å²) in [4.78, 5) is 0. The van der Waals surface area contributed by atoms with E-state index in [-0.39, 0.29) is 5.41 Å². The molecule has 0 fully saturated rings. The Balaban J connectivity index is 2.65. The zero-order chi connectivity index (χ0) is 12.7. The maximum atomic E-state index is 9.02. The molecule has 0 aromatic heterocycles. The van der Waals surface area contributed by atoms with Crippen LogP contribution in [-0.4, -0.2) is 6.54 Å². The molecule has 0 heterocycles. The van der Waals surface area contributed by atoms with Crippen LogP contribution in [0.5, 0.6) is 0 Å². The van der Waals surface area contributed by atoms with Gasteiger partial charge in [-0.2, -0.15) is 5.26 Å². The van der Waals surface area contributed by atoms with E-state index >= 15 is 0 Å². The third-order valence-corrected chi connectivity index (χ3v) is 2.87. The third-order valence-electron chi connectivity index (χ3n) is 2.87. The summed E-state index contributed by atoms with van der Waals surface area (Å²) in [5.41, 5.74) is 1.00. The van der Waals surface area contributed by atoms with Gasteiger partial charge in [-0.25, -0.2) is 0 Å². The van der Waals surface area contributed by atoms with E-state index in [9.17, 15) is 0 Å². The van der Waals surface area contributed by atoms with Gasteiger partial charge in [0, 0.05) is 12.6 Å². The summed E-state index contributed by atoms with van der Waals surface area (Å²) in [6.45, 7) is 6.85. The Kier molecular flexibility index (Phi) is 5.18. The number of rotatable bonds is 6. The first kappa shape index (κ1) is 13.7. The number of nitrogens with zero attached hydrogens (tertiary/aromatic N) is 1. The van der Waals surface area contributed by atoms with E-state index in [1.807, 2.05) is 19.9 Å². The van der Waals surface area contributed by atoms with Gasteiger partial charge in [0.05, 0.1) is 11.5 Å². The van der Waals surface area contributed by atoms with Crippen molar-refractivity contribution in [3.05, 3.63) is 35.9 Å². The zero-order valence-electron chi connectivity index (χ0n) is 11.0. The second kappa shape index (κ2) is 6.42. The smallest absolute Gasteiger partial charge is 0.0697 e. The van der Waals surface area contributed by atoms with Gasteiger partial charge < -0.3 is 5.32 Å². The highest BCUT2D eigenvalue weighted by Gasteiger charge is 2.19. The van der Waals surface area contributed by atoms with Crippen LogP contribution in [0.3, 0.4) is 0 Å². The lowest BCUT2D eigenvalue weighted by Crippen LogP contribution is -2.31. The molecule has 0 amide bonds. The predicted octanol–water partition coefficient (Wildman–Crippen LogP) is 3.67. The number of hydrogen-bond donors (Lipinski definition) is 1. The molecule has 17 heavy (non-hydrogen) atoms.